The number of fused-ring (bicyclic) bond motifs is 1. The number of methoxy groups -OCH3 is 1. The Morgan fingerprint density at radius 3 is 2.81 bits per heavy atom. The van der Waals surface area contributed by atoms with E-state index < -0.39 is 0 Å². The summed E-state index contributed by atoms with van der Waals surface area (Å²) in [5.41, 5.74) is 8.88. The van der Waals surface area contributed by atoms with Gasteiger partial charge in [-0.25, -0.2) is 4.98 Å². The summed E-state index contributed by atoms with van der Waals surface area (Å²) in [4.78, 5) is 7.29. The highest BCUT2D eigenvalue weighted by atomic mass is 16.5. The number of rotatable bonds is 3. The zero-order valence-corrected chi connectivity index (χ0v) is 15.4. The topological polar surface area (TPSA) is 51.4 Å². The van der Waals surface area contributed by atoms with Gasteiger partial charge < -0.3 is 15.4 Å². The first kappa shape index (κ1) is 16.7. The summed E-state index contributed by atoms with van der Waals surface area (Å²) in [7, 11) is 1.72. The first-order valence-corrected chi connectivity index (χ1v) is 9.24. The van der Waals surface area contributed by atoms with Crippen LogP contribution in [0.4, 0.5) is 11.5 Å². The number of nitrogen functional groups attached to an aromatic ring is 1. The second-order valence-corrected chi connectivity index (χ2v) is 7.20. The minimum absolute atomic E-state index is 0.694. The molecule has 2 heterocycles. The van der Waals surface area contributed by atoms with Crippen molar-refractivity contribution in [2.45, 2.75) is 19.8 Å². The molecule has 4 rings (SSSR count). The van der Waals surface area contributed by atoms with Crippen LogP contribution in [-0.2, 0) is 0 Å². The molecule has 4 nitrogen and oxygen atoms in total. The number of benzene rings is 2. The van der Waals surface area contributed by atoms with E-state index in [0.29, 0.717) is 5.92 Å². The van der Waals surface area contributed by atoms with Gasteiger partial charge in [0.25, 0.3) is 0 Å². The number of pyridine rings is 1. The van der Waals surface area contributed by atoms with Crippen molar-refractivity contribution >= 4 is 22.3 Å². The lowest BCUT2D eigenvalue weighted by atomic mass is 9.97. The van der Waals surface area contributed by atoms with E-state index in [1.165, 1.54) is 12.8 Å². The molecule has 0 amide bonds. The Bertz CT molecular complexity index is 938. The molecule has 4 heteroatoms. The first-order valence-electron chi connectivity index (χ1n) is 9.24. The molecule has 2 N–H and O–H groups in total. The Balaban J connectivity index is 1.94. The van der Waals surface area contributed by atoms with Crippen LogP contribution in [0, 0.1) is 5.92 Å². The van der Waals surface area contributed by atoms with E-state index in [4.69, 9.17) is 15.5 Å². The molecule has 0 bridgehead atoms. The highest BCUT2D eigenvalue weighted by molar-refractivity contribution is 6.05. The Kier molecular flexibility index (Phi) is 4.41. The molecule has 26 heavy (non-hydrogen) atoms. The van der Waals surface area contributed by atoms with Crippen molar-refractivity contribution in [3.63, 3.8) is 0 Å². The summed E-state index contributed by atoms with van der Waals surface area (Å²) >= 11 is 0. The van der Waals surface area contributed by atoms with E-state index in [0.717, 1.165) is 52.2 Å². The van der Waals surface area contributed by atoms with Crippen LogP contribution in [0.15, 0.2) is 48.7 Å². The molecule has 134 valence electrons. The van der Waals surface area contributed by atoms with Crippen molar-refractivity contribution in [2.24, 2.45) is 5.92 Å². The van der Waals surface area contributed by atoms with E-state index >= 15 is 0 Å². The molecular weight excluding hydrogens is 322 g/mol. The summed E-state index contributed by atoms with van der Waals surface area (Å²) in [5, 5.41) is 2.24. The number of piperidine rings is 1. The van der Waals surface area contributed by atoms with Gasteiger partial charge in [0.1, 0.15) is 11.6 Å². The standard InChI is InChI=1S/C22H25N3O/c1-15-6-5-11-25(14-15)22-18-9-4-10-20(26-2)21(18)19(13-24-22)16-7-3-8-17(23)12-16/h3-4,7-10,12-13,15H,5-6,11,14,23H2,1-2H3. The van der Waals surface area contributed by atoms with Crippen LogP contribution in [0.1, 0.15) is 19.8 Å². The molecule has 0 radical (unpaired) electrons. The lowest BCUT2D eigenvalue weighted by molar-refractivity contribution is 0.420. The van der Waals surface area contributed by atoms with Crippen LogP contribution >= 0.6 is 0 Å². The highest BCUT2D eigenvalue weighted by Gasteiger charge is 2.21. The maximum absolute atomic E-state index is 6.01. The van der Waals surface area contributed by atoms with Gasteiger partial charge in [0, 0.05) is 41.3 Å². The summed E-state index contributed by atoms with van der Waals surface area (Å²) in [5.74, 6) is 2.62. The van der Waals surface area contributed by atoms with Crippen LogP contribution in [0.25, 0.3) is 21.9 Å². The van der Waals surface area contributed by atoms with Gasteiger partial charge in [-0.1, -0.05) is 31.2 Å². The lowest BCUT2D eigenvalue weighted by Crippen LogP contribution is -2.34. The Morgan fingerprint density at radius 2 is 2.04 bits per heavy atom. The quantitative estimate of drug-likeness (QED) is 0.696. The number of hydrogen-bond acceptors (Lipinski definition) is 4. The van der Waals surface area contributed by atoms with E-state index in [1.807, 2.05) is 36.5 Å². The van der Waals surface area contributed by atoms with Gasteiger partial charge in [-0.15, -0.1) is 0 Å². The minimum Gasteiger partial charge on any atom is -0.496 e. The van der Waals surface area contributed by atoms with E-state index in [-0.39, 0.29) is 0 Å². The molecule has 1 atom stereocenters. The second-order valence-electron chi connectivity index (χ2n) is 7.20. The fourth-order valence-corrected chi connectivity index (χ4v) is 3.98. The van der Waals surface area contributed by atoms with Gasteiger partial charge in [-0.2, -0.15) is 0 Å². The second kappa shape index (κ2) is 6.87. The third kappa shape index (κ3) is 2.96. The molecule has 3 aromatic rings. The van der Waals surface area contributed by atoms with E-state index in [9.17, 15) is 0 Å². The monoisotopic (exact) mass is 347 g/mol. The fourth-order valence-electron chi connectivity index (χ4n) is 3.98. The molecule has 1 aliphatic rings. The molecule has 1 aliphatic heterocycles. The number of aromatic nitrogens is 1. The van der Waals surface area contributed by atoms with Crippen molar-refractivity contribution in [1.29, 1.82) is 0 Å². The fraction of sp³-hybridized carbons (Fsp3) is 0.318. The van der Waals surface area contributed by atoms with Crippen LogP contribution in [0.3, 0.4) is 0 Å². The van der Waals surface area contributed by atoms with Gasteiger partial charge >= 0.3 is 0 Å². The molecule has 1 fully saturated rings. The normalized spacial score (nSPS) is 17.5. The molecule has 1 saturated heterocycles. The average Bonchev–Trinajstić information content (AvgIpc) is 2.66. The summed E-state index contributed by atoms with van der Waals surface area (Å²) < 4.78 is 5.71. The Labute approximate surface area is 154 Å². The Morgan fingerprint density at radius 1 is 1.19 bits per heavy atom. The maximum Gasteiger partial charge on any atom is 0.136 e. The van der Waals surface area contributed by atoms with Crippen molar-refractivity contribution < 1.29 is 4.74 Å². The number of anilines is 2. The van der Waals surface area contributed by atoms with Crippen LogP contribution in [-0.4, -0.2) is 25.2 Å². The zero-order valence-electron chi connectivity index (χ0n) is 15.4. The molecule has 1 unspecified atom stereocenters. The van der Waals surface area contributed by atoms with Gasteiger partial charge in [0.15, 0.2) is 0 Å². The molecule has 0 aliphatic carbocycles. The number of ether oxygens (including phenoxy) is 1. The van der Waals surface area contributed by atoms with Crippen molar-refractivity contribution in [1.82, 2.24) is 4.98 Å². The maximum atomic E-state index is 6.01. The lowest BCUT2D eigenvalue weighted by Gasteiger charge is -2.33. The predicted octanol–water partition coefficient (Wildman–Crippen LogP) is 4.73. The number of nitrogens with zero attached hydrogens (tertiary/aromatic N) is 2. The van der Waals surface area contributed by atoms with Crippen LogP contribution < -0.4 is 15.4 Å². The third-order valence-corrected chi connectivity index (χ3v) is 5.23. The number of nitrogens with two attached hydrogens (primary N) is 1. The van der Waals surface area contributed by atoms with Gasteiger partial charge in [-0.05, 0) is 42.5 Å². The highest BCUT2D eigenvalue weighted by Crippen LogP contribution is 2.39. The summed E-state index contributed by atoms with van der Waals surface area (Å²) in [6.45, 7) is 4.42. The zero-order chi connectivity index (χ0) is 18.1. The molecule has 2 aromatic carbocycles. The molecular formula is C22H25N3O. The van der Waals surface area contributed by atoms with Crippen molar-refractivity contribution in [3.8, 4) is 16.9 Å². The summed E-state index contributed by atoms with van der Waals surface area (Å²) in [6, 6.07) is 14.2. The smallest absolute Gasteiger partial charge is 0.136 e. The molecule has 1 aromatic heterocycles. The molecule has 0 saturated carbocycles. The molecule has 0 spiro atoms. The largest absolute Gasteiger partial charge is 0.496 e. The van der Waals surface area contributed by atoms with Gasteiger partial charge in [-0.3, -0.25) is 0 Å². The SMILES string of the molecule is COc1cccc2c(N3CCCC(C)C3)ncc(-c3cccc(N)c3)c12. The van der Waals surface area contributed by atoms with Crippen LogP contribution in [0.2, 0.25) is 0 Å². The van der Waals surface area contributed by atoms with Crippen LogP contribution in [0.5, 0.6) is 5.75 Å². The van der Waals surface area contributed by atoms with Gasteiger partial charge in [0.05, 0.1) is 7.11 Å². The van der Waals surface area contributed by atoms with E-state index in [1.54, 1.807) is 7.11 Å². The summed E-state index contributed by atoms with van der Waals surface area (Å²) in [6.07, 6.45) is 4.47. The Hall–Kier alpha value is -2.75. The van der Waals surface area contributed by atoms with Crippen molar-refractivity contribution in [2.75, 3.05) is 30.8 Å². The minimum atomic E-state index is 0.694. The predicted molar refractivity (Wildman–Crippen MR) is 109 cm³/mol. The average molecular weight is 347 g/mol. The first-order chi connectivity index (χ1) is 12.7. The third-order valence-electron chi connectivity index (χ3n) is 5.23. The number of hydrogen-bond donors (Lipinski definition) is 1. The van der Waals surface area contributed by atoms with E-state index in [2.05, 4.69) is 24.0 Å². The van der Waals surface area contributed by atoms with Gasteiger partial charge in [0.2, 0.25) is 0 Å². The van der Waals surface area contributed by atoms with Crippen molar-refractivity contribution in [3.05, 3.63) is 48.7 Å².